The van der Waals surface area contributed by atoms with Gasteiger partial charge in [-0.25, -0.2) is 14.2 Å². The Morgan fingerprint density at radius 2 is 2.33 bits per heavy atom. The van der Waals surface area contributed by atoms with Crippen LogP contribution in [0.25, 0.3) is 0 Å². The van der Waals surface area contributed by atoms with Crippen molar-refractivity contribution in [1.82, 2.24) is 4.98 Å². The first-order chi connectivity index (χ1) is 8.56. The second-order valence-electron chi connectivity index (χ2n) is 3.79. The van der Waals surface area contributed by atoms with Crippen molar-refractivity contribution in [2.24, 2.45) is 0 Å². The average Bonchev–Trinajstić information content (AvgIpc) is 2.79. The zero-order valence-electron chi connectivity index (χ0n) is 9.61. The van der Waals surface area contributed by atoms with Crippen molar-refractivity contribution >= 4 is 23.0 Å². The molecule has 94 valence electrons. The molecule has 1 aromatic carbocycles. The number of nitrogens with one attached hydrogen (secondary N) is 1. The molecule has 1 aromatic heterocycles. The van der Waals surface area contributed by atoms with Crippen molar-refractivity contribution in [1.29, 1.82) is 0 Å². The van der Waals surface area contributed by atoms with Gasteiger partial charge in [0, 0.05) is 5.38 Å². The second-order valence-corrected chi connectivity index (χ2v) is 4.64. The van der Waals surface area contributed by atoms with Crippen molar-refractivity contribution in [2.45, 2.75) is 13.5 Å². The molecule has 0 aliphatic rings. The highest BCUT2D eigenvalue weighted by molar-refractivity contribution is 7.11. The maximum absolute atomic E-state index is 13.4. The molecule has 1 heterocycles. The van der Waals surface area contributed by atoms with Gasteiger partial charge in [-0.3, -0.25) is 0 Å². The molecule has 0 atom stereocenters. The molecule has 0 aliphatic heterocycles. The number of rotatable bonds is 4. The number of benzene rings is 1. The highest BCUT2D eigenvalue weighted by Gasteiger charge is 2.09. The van der Waals surface area contributed by atoms with Crippen molar-refractivity contribution in [3.8, 4) is 0 Å². The topological polar surface area (TPSA) is 62.2 Å². The lowest BCUT2D eigenvalue weighted by Crippen LogP contribution is -2.03. The lowest BCUT2D eigenvalue weighted by atomic mass is 10.2. The minimum atomic E-state index is -1.05. The van der Waals surface area contributed by atoms with Gasteiger partial charge in [-0.05, 0) is 24.6 Å². The monoisotopic (exact) mass is 266 g/mol. The Bertz CT molecular complexity index is 583. The summed E-state index contributed by atoms with van der Waals surface area (Å²) in [4.78, 5) is 14.6. The maximum Gasteiger partial charge on any atom is 0.365 e. The van der Waals surface area contributed by atoms with Gasteiger partial charge < -0.3 is 10.4 Å². The third-order valence-corrected chi connectivity index (χ3v) is 3.20. The Balaban J connectivity index is 2.06. The molecular formula is C12H11FN2O2S. The van der Waals surface area contributed by atoms with Crippen LogP contribution < -0.4 is 5.32 Å². The number of hydrogen-bond donors (Lipinski definition) is 2. The Morgan fingerprint density at radius 1 is 1.56 bits per heavy atom. The van der Waals surface area contributed by atoms with Gasteiger partial charge in [-0.2, -0.15) is 0 Å². The molecule has 18 heavy (non-hydrogen) atoms. The summed E-state index contributed by atoms with van der Waals surface area (Å²) in [5.74, 6) is -1.39. The van der Waals surface area contributed by atoms with Gasteiger partial charge in [0.2, 0.25) is 5.01 Å². The van der Waals surface area contributed by atoms with Gasteiger partial charge in [0.1, 0.15) is 5.82 Å². The van der Waals surface area contributed by atoms with E-state index in [1.807, 2.05) is 6.92 Å². The number of thiazole rings is 1. The minimum Gasteiger partial charge on any atom is -0.476 e. The van der Waals surface area contributed by atoms with E-state index in [2.05, 4.69) is 10.3 Å². The summed E-state index contributed by atoms with van der Waals surface area (Å²) in [5, 5.41) is 13.3. The molecule has 0 saturated heterocycles. The van der Waals surface area contributed by atoms with Crippen molar-refractivity contribution in [2.75, 3.05) is 5.32 Å². The molecule has 0 saturated carbocycles. The number of anilines is 1. The van der Waals surface area contributed by atoms with Crippen LogP contribution in [0.15, 0.2) is 23.6 Å². The highest BCUT2D eigenvalue weighted by Crippen LogP contribution is 2.17. The van der Waals surface area contributed by atoms with E-state index in [9.17, 15) is 9.18 Å². The number of halogens is 1. The summed E-state index contributed by atoms with van der Waals surface area (Å²) >= 11 is 1.06. The number of nitrogens with zero attached hydrogens (tertiary/aromatic N) is 1. The summed E-state index contributed by atoms with van der Waals surface area (Å²) < 4.78 is 13.4. The largest absolute Gasteiger partial charge is 0.476 e. The van der Waals surface area contributed by atoms with Crippen LogP contribution in [0.1, 0.15) is 21.1 Å². The van der Waals surface area contributed by atoms with E-state index >= 15 is 0 Å². The molecular weight excluding hydrogens is 255 g/mol. The third-order valence-electron chi connectivity index (χ3n) is 2.32. The molecule has 2 aromatic rings. The first-order valence-corrected chi connectivity index (χ1v) is 6.12. The van der Waals surface area contributed by atoms with Gasteiger partial charge >= 0.3 is 5.97 Å². The summed E-state index contributed by atoms with van der Waals surface area (Å²) in [6, 6.07) is 4.77. The van der Waals surface area contributed by atoms with Crippen LogP contribution in [-0.4, -0.2) is 16.1 Å². The summed E-state index contributed by atoms with van der Waals surface area (Å²) in [6.07, 6.45) is 0. The van der Waals surface area contributed by atoms with Crippen LogP contribution in [0.2, 0.25) is 0 Å². The number of aromatic carboxylic acids is 1. The van der Waals surface area contributed by atoms with E-state index in [1.165, 1.54) is 6.07 Å². The normalized spacial score (nSPS) is 10.3. The first-order valence-electron chi connectivity index (χ1n) is 5.24. The Labute approximate surface area is 107 Å². The molecule has 0 spiro atoms. The fourth-order valence-corrected chi connectivity index (χ4v) is 2.10. The summed E-state index contributed by atoms with van der Waals surface area (Å²) in [5.41, 5.74) is 1.92. The second kappa shape index (κ2) is 5.14. The maximum atomic E-state index is 13.4. The number of carboxylic acids is 1. The Kier molecular flexibility index (Phi) is 3.57. The van der Waals surface area contributed by atoms with Crippen LogP contribution in [0.5, 0.6) is 0 Å². The van der Waals surface area contributed by atoms with E-state index < -0.39 is 5.97 Å². The van der Waals surface area contributed by atoms with Gasteiger partial charge in [0.25, 0.3) is 0 Å². The van der Waals surface area contributed by atoms with Crippen LogP contribution in [0, 0.1) is 12.7 Å². The standard InChI is InChI=1S/C12H11FN2O2S/c1-7-2-3-9(13)10(4-7)14-5-8-6-18-11(15-8)12(16)17/h2-4,6,14H,5H2,1H3,(H,16,17). The average molecular weight is 266 g/mol. The van der Waals surface area contributed by atoms with Crippen LogP contribution >= 0.6 is 11.3 Å². The number of aryl methyl sites for hydroxylation is 1. The van der Waals surface area contributed by atoms with E-state index in [1.54, 1.807) is 17.5 Å². The lowest BCUT2D eigenvalue weighted by molar-refractivity contribution is 0.0696. The quantitative estimate of drug-likeness (QED) is 0.893. The molecule has 4 nitrogen and oxygen atoms in total. The van der Waals surface area contributed by atoms with Gasteiger partial charge in [-0.1, -0.05) is 6.07 Å². The zero-order chi connectivity index (χ0) is 13.1. The number of carbonyl (C=O) groups is 1. The molecule has 0 bridgehead atoms. The molecule has 6 heteroatoms. The van der Waals surface area contributed by atoms with E-state index in [0.29, 0.717) is 17.9 Å². The third kappa shape index (κ3) is 2.84. The van der Waals surface area contributed by atoms with E-state index in [-0.39, 0.29) is 10.8 Å². The van der Waals surface area contributed by atoms with Gasteiger partial charge in [0.05, 0.1) is 17.9 Å². The molecule has 0 unspecified atom stereocenters. The van der Waals surface area contributed by atoms with Gasteiger partial charge in [0.15, 0.2) is 0 Å². The van der Waals surface area contributed by atoms with Crippen LogP contribution in [-0.2, 0) is 6.54 Å². The predicted octanol–water partition coefficient (Wildman–Crippen LogP) is 2.90. The van der Waals surface area contributed by atoms with Gasteiger partial charge in [-0.15, -0.1) is 11.3 Å². The van der Waals surface area contributed by atoms with Crippen LogP contribution in [0.4, 0.5) is 10.1 Å². The van der Waals surface area contributed by atoms with Crippen molar-refractivity contribution in [3.63, 3.8) is 0 Å². The Hall–Kier alpha value is -1.95. The zero-order valence-corrected chi connectivity index (χ0v) is 10.4. The molecule has 0 aliphatic carbocycles. The van der Waals surface area contributed by atoms with E-state index in [4.69, 9.17) is 5.11 Å². The number of hydrogen-bond acceptors (Lipinski definition) is 4. The summed E-state index contributed by atoms with van der Waals surface area (Å²) in [6.45, 7) is 2.17. The van der Waals surface area contributed by atoms with E-state index in [0.717, 1.165) is 16.9 Å². The molecule has 0 fully saturated rings. The van der Waals surface area contributed by atoms with Crippen molar-refractivity contribution < 1.29 is 14.3 Å². The fraction of sp³-hybridized carbons (Fsp3) is 0.167. The SMILES string of the molecule is Cc1ccc(F)c(NCc2csc(C(=O)O)n2)c1. The lowest BCUT2D eigenvalue weighted by Gasteiger charge is -2.06. The molecule has 2 N–H and O–H groups in total. The Morgan fingerprint density at radius 3 is 3.00 bits per heavy atom. The minimum absolute atomic E-state index is 0.0384. The molecule has 0 radical (unpaired) electrons. The fourth-order valence-electron chi connectivity index (χ4n) is 1.45. The highest BCUT2D eigenvalue weighted by atomic mass is 32.1. The van der Waals surface area contributed by atoms with Crippen molar-refractivity contribution in [3.05, 3.63) is 45.7 Å². The predicted molar refractivity (Wildman–Crippen MR) is 67.5 cm³/mol. The summed E-state index contributed by atoms with van der Waals surface area (Å²) in [7, 11) is 0. The molecule has 2 rings (SSSR count). The first kappa shape index (κ1) is 12.5. The number of aromatic nitrogens is 1. The smallest absolute Gasteiger partial charge is 0.365 e. The molecule has 0 amide bonds. The number of carboxylic acid groups (broad SMARTS) is 1. The van der Waals surface area contributed by atoms with Crippen LogP contribution in [0.3, 0.4) is 0 Å².